The van der Waals surface area contributed by atoms with Gasteiger partial charge in [0.25, 0.3) is 5.56 Å². The molecular formula is C22H26ClN5O6. The Labute approximate surface area is 199 Å². The zero-order valence-electron chi connectivity index (χ0n) is 18.7. The van der Waals surface area contributed by atoms with E-state index in [0.29, 0.717) is 34.5 Å². The lowest BCUT2D eigenvalue weighted by molar-refractivity contribution is 0.171. The summed E-state index contributed by atoms with van der Waals surface area (Å²) in [6.45, 7) is 1.84. The zero-order valence-corrected chi connectivity index (χ0v) is 19.4. The number of nitrogens with one attached hydrogen (secondary N) is 1. The van der Waals surface area contributed by atoms with Gasteiger partial charge in [-0.3, -0.25) is 18.5 Å². The van der Waals surface area contributed by atoms with Crippen molar-refractivity contribution in [2.24, 2.45) is 0 Å². The van der Waals surface area contributed by atoms with Crippen LogP contribution in [0.1, 0.15) is 31.7 Å². The Morgan fingerprint density at radius 2 is 1.94 bits per heavy atom. The van der Waals surface area contributed by atoms with E-state index in [1.807, 2.05) is 0 Å². The minimum absolute atomic E-state index is 0.0110. The van der Waals surface area contributed by atoms with Gasteiger partial charge in [-0.25, -0.2) is 4.79 Å². The second-order valence-corrected chi connectivity index (χ2v) is 8.85. The molecule has 11 nitrogen and oxygen atoms in total. The molecule has 1 aromatic carbocycles. The quantitative estimate of drug-likeness (QED) is 0.448. The van der Waals surface area contributed by atoms with Crippen LogP contribution in [0.15, 0.2) is 21.7 Å². The van der Waals surface area contributed by atoms with Crippen LogP contribution >= 0.6 is 11.6 Å². The normalized spacial score (nSPS) is 19.3. The fraction of sp³-hybridized carbons (Fsp3) is 0.500. The van der Waals surface area contributed by atoms with Gasteiger partial charge in [0.05, 0.1) is 31.8 Å². The van der Waals surface area contributed by atoms with Gasteiger partial charge in [0, 0.05) is 17.6 Å². The van der Waals surface area contributed by atoms with Gasteiger partial charge in [0.2, 0.25) is 12.7 Å². The van der Waals surface area contributed by atoms with Crippen molar-refractivity contribution in [3.8, 4) is 11.5 Å². The average Bonchev–Trinajstić information content (AvgIpc) is 3.52. The van der Waals surface area contributed by atoms with Crippen LogP contribution in [0.25, 0.3) is 11.2 Å². The van der Waals surface area contributed by atoms with Gasteiger partial charge >= 0.3 is 5.69 Å². The topological polar surface area (TPSA) is 133 Å². The van der Waals surface area contributed by atoms with Crippen LogP contribution in [0, 0.1) is 0 Å². The predicted octanol–water partition coefficient (Wildman–Crippen LogP) is 1.13. The molecule has 0 radical (unpaired) electrons. The monoisotopic (exact) mass is 491 g/mol. The fourth-order valence-electron chi connectivity index (χ4n) is 4.66. The third kappa shape index (κ3) is 3.73. The highest BCUT2D eigenvalue weighted by Crippen LogP contribution is 2.37. The average molecular weight is 492 g/mol. The molecule has 2 aromatic heterocycles. The zero-order chi connectivity index (χ0) is 24.0. The van der Waals surface area contributed by atoms with Crippen LogP contribution in [0.5, 0.6) is 11.5 Å². The molecule has 0 saturated heterocycles. The molecule has 0 spiro atoms. The lowest BCUT2D eigenvalue weighted by Crippen LogP contribution is -2.40. The van der Waals surface area contributed by atoms with Crippen LogP contribution in [-0.4, -0.2) is 54.4 Å². The smallest absolute Gasteiger partial charge is 0.332 e. The Bertz CT molecular complexity index is 1360. The third-order valence-corrected chi connectivity index (χ3v) is 6.77. The van der Waals surface area contributed by atoms with E-state index < -0.39 is 17.4 Å². The molecule has 12 heteroatoms. The number of anilines is 1. The molecule has 1 aliphatic heterocycles. The Hall–Kier alpha value is -3.02. The maximum atomic E-state index is 13.4. The van der Waals surface area contributed by atoms with Crippen LogP contribution < -0.4 is 26.0 Å². The number of nitrogens with zero attached hydrogens (tertiary/aromatic N) is 4. The van der Waals surface area contributed by atoms with E-state index in [2.05, 4.69) is 10.3 Å². The molecule has 3 heterocycles. The summed E-state index contributed by atoms with van der Waals surface area (Å²) < 4.78 is 15.0. The SMILES string of the molecule is CCn1c(=O)c2c(nc(NC3CCC[C@H]3O)n2Cc2cc3c(cc2Cl)OCO3)n(CCO)c1=O. The highest BCUT2D eigenvalue weighted by atomic mass is 35.5. The number of aromatic nitrogens is 4. The second-order valence-electron chi connectivity index (χ2n) is 8.45. The van der Waals surface area contributed by atoms with Gasteiger partial charge in [0.15, 0.2) is 22.7 Å². The molecule has 2 aliphatic rings. The number of benzene rings is 1. The van der Waals surface area contributed by atoms with Crippen molar-refractivity contribution in [3.05, 3.63) is 43.6 Å². The summed E-state index contributed by atoms with van der Waals surface area (Å²) in [6, 6.07) is 3.18. The van der Waals surface area contributed by atoms with Gasteiger partial charge in [0.1, 0.15) is 0 Å². The fourth-order valence-corrected chi connectivity index (χ4v) is 4.87. The van der Waals surface area contributed by atoms with Crippen molar-refractivity contribution in [2.45, 2.75) is 58.0 Å². The van der Waals surface area contributed by atoms with Crippen LogP contribution in [0.3, 0.4) is 0 Å². The summed E-state index contributed by atoms with van der Waals surface area (Å²) in [5.74, 6) is 1.43. The van der Waals surface area contributed by atoms with Crippen molar-refractivity contribution in [3.63, 3.8) is 0 Å². The third-order valence-electron chi connectivity index (χ3n) is 6.42. The summed E-state index contributed by atoms with van der Waals surface area (Å²) in [5, 5.41) is 23.6. The minimum Gasteiger partial charge on any atom is -0.454 e. The first-order chi connectivity index (χ1) is 16.4. The Kier molecular flexibility index (Phi) is 6.00. The Balaban J connectivity index is 1.72. The minimum atomic E-state index is -0.547. The summed E-state index contributed by atoms with van der Waals surface area (Å²) in [6.07, 6.45) is 1.74. The number of ether oxygens (including phenoxy) is 2. The highest BCUT2D eigenvalue weighted by Gasteiger charge is 2.29. The van der Waals surface area contributed by atoms with Crippen molar-refractivity contribution in [1.82, 2.24) is 18.7 Å². The molecule has 3 N–H and O–H groups in total. The molecule has 34 heavy (non-hydrogen) atoms. The predicted molar refractivity (Wildman–Crippen MR) is 125 cm³/mol. The molecule has 1 aliphatic carbocycles. The molecule has 2 atom stereocenters. The number of halogens is 1. The first-order valence-corrected chi connectivity index (χ1v) is 11.7. The van der Waals surface area contributed by atoms with Crippen molar-refractivity contribution >= 4 is 28.7 Å². The summed E-state index contributed by atoms with van der Waals surface area (Å²) in [5.41, 5.74) is 0.0233. The standard InChI is InChI=1S/C22H26ClN5O6/c1-2-26-20(31)18-19(27(6-7-29)22(26)32)25-21(24-14-4-3-5-15(14)30)28(18)10-12-8-16-17(9-13(12)23)34-11-33-16/h8-9,14-15,29-30H,2-7,10-11H2,1H3,(H,24,25)/t14?,15-/m1/s1. The van der Waals surface area contributed by atoms with Crippen LogP contribution in [0.4, 0.5) is 5.95 Å². The maximum Gasteiger partial charge on any atom is 0.332 e. The molecule has 1 saturated carbocycles. The highest BCUT2D eigenvalue weighted by molar-refractivity contribution is 6.31. The molecule has 5 rings (SSSR count). The van der Waals surface area contributed by atoms with E-state index in [-0.39, 0.29) is 50.2 Å². The van der Waals surface area contributed by atoms with Gasteiger partial charge in [-0.05, 0) is 37.8 Å². The van der Waals surface area contributed by atoms with Gasteiger partial charge in [-0.1, -0.05) is 11.6 Å². The molecule has 0 bridgehead atoms. The first-order valence-electron chi connectivity index (χ1n) is 11.3. The molecule has 1 unspecified atom stereocenters. The van der Waals surface area contributed by atoms with E-state index in [4.69, 9.17) is 21.1 Å². The number of imidazole rings is 1. The molecule has 182 valence electrons. The van der Waals surface area contributed by atoms with Gasteiger partial charge < -0.3 is 25.0 Å². The second kappa shape index (κ2) is 8.97. The summed E-state index contributed by atoms with van der Waals surface area (Å²) in [4.78, 5) is 30.9. The number of hydrogen-bond acceptors (Lipinski definition) is 8. The van der Waals surface area contributed by atoms with E-state index in [1.54, 1.807) is 23.6 Å². The number of hydrogen-bond donors (Lipinski definition) is 3. The number of fused-ring (bicyclic) bond motifs is 2. The van der Waals surface area contributed by atoms with Crippen LogP contribution in [-0.2, 0) is 19.6 Å². The van der Waals surface area contributed by atoms with Gasteiger partial charge in [-0.15, -0.1) is 0 Å². The van der Waals surface area contributed by atoms with Gasteiger partial charge in [-0.2, -0.15) is 4.98 Å². The van der Waals surface area contributed by atoms with E-state index in [1.165, 1.54) is 4.57 Å². The Morgan fingerprint density at radius 3 is 2.62 bits per heavy atom. The lowest BCUT2D eigenvalue weighted by Gasteiger charge is -2.18. The molecular weight excluding hydrogens is 466 g/mol. The van der Waals surface area contributed by atoms with E-state index >= 15 is 0 Å². The molecule has 1 fully saturated rings. The van der Waals surface area contributed by atoms with Crippen LogP contribution in [0.2, 0.25) is 5.02 Å². The number of aliphatic hydroxyl groups excluding tert-OH is 2. The molecule has 0 amide bonds. The Morgan fingerprint density at radius 1 is 1.18 bits per heavy atom. The number of rotatable bonds is 7. The van der Waals surface area contributed by atoms with Crippen molar-refractivity contribution in [1.29, 1.82) is 0 Å². The maximum absolute atomic E-state index is 13.4. The number of aliphatic hydroxyl groups is 2. The summed E-state index contributed by atoms with van der Waals surface area (Å²) in [7, 11) is 0. The molecule has 3 aromatic rings. The van der Waals surface area contributed by atoms with Crippen molar-refractivity contribution < 1.29 is 19.7 Å². The first kappa shape index (κ1) is 22.8. The van der Waals surface area contributed by atoms with E-state index in [9.17, 15) is 19.8 Å². The largest absolute Gasteiger partial charge is 0.454 e. The summed E-state index contributed by atoms with van der Waals surface area (Å²) >= 11 is 6.53. The van der Waals surface area contributed by atoms with Crippen molar-refractivity contribution in [2.75, 3.05) is 18.7 Å². The lowest BCUT2D eigenvalue weighted by atomic mass is 10.2. The van der Waals surface area contributed by atoms with E-state index in [0.717, 1.165) is 17.4 Å².